The molecule has 3 rings (SSSR count). The molecule has 3 heterocycles. The molecule has 3 aromatic heterocycles. The lowest BCUT2D eigenvalue weighted by Crippen LogP contribution is -2.05. The number of fused-ring (bicyclic) bond motifs is 1. The summed E-state index contributed by atoms with van der Waals surface area (Å²) < 4.78 is 1.91. The van der Waals surface area contributed by atoms with Crippen LogP contribution < -0.4 is 0 Å². The zero-order valence-electron chi connectivity index (χ0n) is 13.9. The van der Waals surface area contributed by atoms with Crippen LogP contribution in [0.25, 0.3) is 22.2 Å². The SMILES string of the molecule is CCCc1nc2c(cnn2CC)c(-c2cncc(C)c2)c1CO. The molecule has 0 spiro atoms. The monoisotopic (exact) mass is 310 g/mol. The minimum Gasteiger partial charge on any atom is -0.392 e. The molecule has 120 valence electrons. The van der Waals surface area contributed by atoms with Gasteiger partial charge < -0.3 is 5.11 Å². The van der Waals surface area contributed by atoms with Gasteiger partial charge in [-0.1, -0.05) is 13.3 Å². The molecule has 0 aliphatic rings. The molecule has 5 heteroatoms. The van der Waals surface area contributed by atoms with Crippen molar-refractivity contribution in [3.8, 4) is 11.1 Å². The average molecular weight is 310 g/mol. The molecule has 0 bridgehead atoms. The van der Waals surface area contributed by atoms with Crippen LogP contribution >= 0.6 is 0 Å². The molecule has 0 aromatic carbocycles. The standard InChI is InChI=1S/C18H22N4O/c1-4-6-16-15(11-23)17(13-7-12(3)8-19-9-13)14-10-20-22(5-2)18(14)21-16/h7-10,23H,4-6,11H2,1-3H3. The number of rotatable bonds is 5. The smallest absolute Gasteiger partial charge is 0.158 e. The highest BCUT2D eigenvalue weighted by Gasteiger charge is 2.18. The molecule has 5 nitrogen and oxygen atoms in total. The molecule has 0 saturated carbocycles. The summed E-state index contributed by atoms with van der Waals surface area (Å²) in [5.74, 6) is 0. The first kappa shape index (κ1) is 15.6. The Labute approximate surface area is 136 Å². The van der Waals surface area contributed by atoms with E-state index in [2.05, 4.69) is 30.0 Å². The molecular formula is C18H22N4O. The predicted octanol–water partition coefficient (Wildman–Crippen LogP) is 3.27. The Bertz CT molecular complexity index is 838. The van der Waals surface area contributed by atoms with Gasteiger partial charge in [-0.3, -0.25) is 4.98 Å². The Morgan fingerprint density at radius 2 is 2.00 bits per heavy atom. The van der Waals surface area contributed by atoms with Crippen molar-refractivity contribution < 1.29 is 5.11 Å². The van der Waals surface area contributed by atoms with E-state index in [4.69, 9.17) is 4.98 Å². The van der Waals surface area contributed by atoms with Gasteiger partial charge in [0.1, 0.15) is 0 Å². The minimum atomic E-state index is -0.0289. The summed E-state index contributed by atoms with van der Waals surface area (Å²) in [6.07, 6.45) is 7.35. The van der Waals surface area contributed by atoms with Crippen LogP contribution in [0, 0.1) is 6.92 Å². The van der Waals surface area contributed by atoms with E-state index in [1.807, 2.05) is 30.2 Å². The third-order valence-electron chi connectivity index (χ3n) is 4.08. The summed E-state index contributed by atoms with van der Waals surface area (Å²) in [7, 11) is 0. The van der Waals surface area contributed by atoms with Crippen molar-refractivity contribution in [3.63, 3.8) is 0 Å². The molecule has 23 heavy (non-hydrogen) atoms. The van der Waals surface area contributed by atoms with Gasteiger partial charge in [0.25, 0.3) is 0 Å². The highest BCUT2D eigenvalue weighted by molar-refractivity contribution is 5.94. The van der Waals surface area contributed by atoms with Crippen molar-refractivity contribution in [2.24, 2.45) is 0 Å². The van der Waals surface area contributed by atoms with E-state index >= 15 is 0 Å². The third-order valence-corrected chi connectivity index (χ3v) is 4.08. The second-order valence-electron chi connectivity index (χ2n) is 5.77. The van der Waals surface area contributed by atoms with Gasteiger partial charge in [0.2, 0.25) is 0 Å². The topological polar surface area (TPSA) is 63.8 Å². The van der Waals surface area contributed by atoms with Crippen molar-refractivity contribution >= 4 is 11.0 Å². The maximum atomic E-state index is 9.99. The Morgan fingerprint density at radius 1 is 1.17 bits per heavy atom. The van der Waals surface area contributed by atoms with Crippen molar-refractivity contribution in [2.75, 3.05) is 0 Å². The van der Waals surface area contributed by atoms with Gasteiger partial charge in [-0.05, 0) is 31.9 Å². The molecule has 1 N–H and O–H groups in total. The first-order chi connectivity index (χ1) is 11.2. The van der Waals surface area contributed by atoms with Gasteiger partial charge in [-0.25, -0.2) is 9.67 Å². The summed E-state index contributed by atoms with van der Waals surface area (Å²) in [5, 5.41) is 15.4. The van der Waals surface area contributed by atoms with Crippen molar-refractivity contribution in [3.05, 3.63) is 41.5 Å². The van der Waals surface area contributed by atoms with Gasteiger partial charge in [0, 0.05) is 46.7 Å². The van der Waals surface area contributed by atoms with Gasteiger partial charge >= 0.3 is 0 Å². The molecule has 0 aliphatic carbocycles. The predicted molar refractivity (Wildman–Crippen MR) is 91.1 cm³/mol. The Morgan fingerprint density at radius 3 is 2.65 bits per heavy atom. The molecule has 0 amide bonds. The third kappa shape index (κ3) is 2.72. The zero-order chi connectivity index (χ0) is 16.4. The number of aromatic nitrogens is 4. The van der Waals surface area contributed by atoms with Gasteiger partial charge in [0.15, 0.2) is 5.65 Å². The quantitative estimate of drug-likeness (QED) is 0.785. The molecule has 0 unspecified atom stereocenters. The molecule has 0 saturated heterocycles. The fourth-order valence-corrected chi connectivity index (χ4v) is 3.04. The Balaban J connectivity index is 2.38. The fourth-order valence-electron chi connectivity index (χ4n) is 3.04. The van der Waals surface area contributed by atoms with Crippen LogP contribution in [0.15, 0.2) is 24.7 Å². The molecule has 0 radical (unpaired) electrons. The van der Waals surface area contributed by atoms with Crippen LogP contribution in [0.3, 0.4) is 0 Å². The van der Waals surface area contributed by atoms with E-state index in [0.717, 1.165) is 58.4 Å². The summed E-state index contributed by atoms with van der Waals surface area (Å²) in [4.78, 5) is 9.11. The van der Waals surface area contributed by atoms with E-state index in [9.17, 15) is 5.11 Å². The summed E-state index contributed by atoms with van der Waals surface area (Å²) in [5.41, 5.74) is 5.84. The number of pyridine rings is 2. The van der Waals surface area contributed by atoms with E-state index in [-0.39, 0.29) is 6.61 Å². The number of aliphatic hydroxyl groups is 1. The van der Waals surface area contributed by atoms with Crippen LogP contribution in [0.1, 0.15) is 37.1 Å². The van der Waals surface area contributed by atoms with Crippen LogP contribution in [0.5, 0.6) is 0 Å². The van der Waals surface area contributed by atoms with E-state index < -0.39 is 0 Å². The second-order valence-corrected chi connectivity index (χ2v) is 5.77. The average Bonchev–Trinajstić information content (AvgIpc) is 2.96. The molecule has 3 aromatic rings. The van der Waals surface area contributed by atoms with Crippen LogP contribution in [-0.4, -0.2) is 24.9 Å². The maximum absolute atomic E-state index is 9.99. The van der Waals surface area contributed by atoms with Crippen molar-refractivity contribution in [1.82, 2.24) is 19.7 Å². The minimum absolute atomic E-state index is 0.0289. The first-order valence-corrected chi connectivity index (χ1v) is 8.09. The maximum Gasteiger partial charge on any atom is 0.158 e. The Hall–Kier alpha value is -2.27. The molecule has 0 atom stereocenters. The lowest BCUT2D eigenvalue weighted by atomic mass is 9.95. The lowest BCUT2D eigenvalue weighted by molar-refractivity contribution is 0.280. The number of aryl methyl sites for hydroxylation is 3. The van der Waals surface area contributed by atoms with Gasteiger partial charge in [0.05, 0.1) is 12.8 Å². The number of aliphatic hydroxyl groups excluding tert-OH is 1. The zero-order valence-corrected chi connectivity index (χ0v) is 13.9. The van der Waals surface area contributed by atoms with Crippen molar-refractivity contribution in [1.29, 1.82) is 0 Å². The summed E-state index contributed by atoms with van der Waals surface area (Å²) in [6, 6.07) is 2.10. The molecule has 0 aliphatic heterocycles. The van der Waals surface area contributed by atoms with E-state index in [1.54, 1.807) is 0 Å². The summed E-state index contributed by atoms with van der Waals surface area (Å²) >= 11 is 0. The number of nitrogens with zero attached hydrogens (tertiary/aromatic N) is 4. The van der Waals surface area contributed by atoms with Crippen LogP contribution in [-0.2, 0) is 19.6 Å². The van der Waals surface area contributed by atoms with E-state index in [0.29, 0.717) is 0 Å². The highest BCUT2D eigenvalue weighted by Crippen LogP contribution is 2.33. The van der Waals surface area contributed by atoms with Gasteiger partial charge in [-0.15, -0.1) is 0 Å². The fraction of sp³-hybridized carbons (Fsp3) is 0.389. The van der Waals surface area contributed by atoms with Crippen LogP contribution in [0.2, 0.25) is 0 Å². The van der Waals surface area contributed by atoms with E-state index in [1.165, 1.54) is 0 Å². The molecular weight excluding hydrogens is 288 g/mol. The second kappa shape index (κ2) is 6.46. The van der Waals surface area contributed by atoms with Crippen LogP contribution in [0.4, 0.5) is 0 Å². The summed E-state index contributed by atoms with van der Waals surface area (Å²) in [6.45, 7) is 6.94. The number of hydrogen-bond donors (Lipinski definition) is 1. The van der Waals surface area contributed by atoms with Gasteiger partial charge in [-0.2, -0.15) is 5.10 Å². The number of hydrogen-bond acceptors (Lipinski definition) is 4. The largest absolute Gasteiger partial charge is 0.392 e. The lowest BCUT2D eigenvalue weighted by Gasteiger charge is -2.14. The highest BCUT2D eigenvalue weighted by atomic mass is 16.3. The first-order valence-electron chi connectivity index (χ1n) is 8.09. The normalized spacial score (nSPS) is 11.3. The van der Waals surface area contributed by atoms with Crippen molar-refractivity contribution in [2.45, 2.75) is 46.8 Å². The molecule has 0 fully saturated rings. The Kier molecular flexibility index (Phi) is 4.39.